The third-order valence-corrected chi connectivity index (χ3v) is 7.07. The monoisotopic (exact) mass is 530 g/mol. The number of esters is 1. The largest absolute Gasteiger partial charge is 0.483 e. The molecule has 1 N–H and O–H groups in total. The van der Waals surface area contributed by atoms with Crippen LogP contribution < -0.4 is 19.1 Å². The van der Waals surface area contributed by atoms with Crippen LogP contribution in [0.5, 0.6) is 11.5 Å². The van der Waals surface area contributed by atoms with Gasteiger partial charge in [-0.05, 0) is 67.1 Å². The van der Waals surface area contributed by atoms with Gasteiger partial charge in [-0.15, -0.1) is 0 Å². The summed E-state index contributed by atoms with van der Waals surface area (Å²) in [6.07, 6.45) is -0.965. The molecule has 0 bridgehead atoms. The van der Waals surface area contributed by atoms with Gasteiger partial charge in [-0.1, -0.05) is 23.7 Å². The quantitative estimate of drug-likeness (QED) is 0.462. The highest BCUT2D eigenvalue weighted by Gasteiger charge is 2.34. The Morgan fingerprint density at radius 2 is 1.83 bits per heavy atom. The van der Waals surface area contributed by atoms with E-state index < -0.39 is 28.0 Å². The number of para-hydroxylation sites is 2. The first-order chi connectivity index (χ1) is 17.2. The Morgan fingerprint density at radius 1 is 1.11 bits per heavy atom. The SMILES string of the molecule is COC(=O)C1CN(C(=O)COc2ccc(S(=O)(=O)Nc3ccc(Cl)cc3)cc2C)c2ccccc2O1. The standard InChI is InChI=1S/C25H23ClN2O7S/c1-16-13-19(36(31,32)27-18-9-7-17(26)8-10-18)11-12-21(16)34-15-24(29)28-14-23(25(30)33-2)35-22-6-4-3-5-20(22)28/h3-13,23,27H,14-15H2,1-2H3. The first-order valence-corrected chi connectivity index (χ1v) is 12.7. The van der Waals surface area contributed by atoms with Crippen molar-refractivity contribution in [2.45, 2.75) is 17.9 Å². The number of nitrogens with zero attached hydrogens (tertiary/aromatic N) is 1. The number of aryl methyl sites for hydroxylation is 1. The van der Waals surface area contributed by atoms with Crippen molar-refractivity contribution in [2.24, 2.45) is 0 Å². The van der Waals surface area contributed by atoms with Crippen molar-refractivity contribution < 1.29 is 32.2 Å². The average Bonchev–Trinajstić information content (AvgIpc) is 2.87. The summed E-state index contributed by atoms with van der Waals surface area (Å²) in [5, 5.41) is 0.492. The van der Waals surface area contributed by atoms with Gasteiger partial charge in [0.15, 0.2) is 6.61 Å². The second-order valence-electron chi connectivity index (χ2n) is 7.93. The summed E-state index contributed by atoms with van der Waals surface area (Å²) in [5.41, 5.74) is 1.41. The van der Waals surface area contributed by atoms with Crippen molar-refractivity contribution in [3.63, 3.8) is 0 Å². The number of rotatable bonds is 7. The molecule has 3 aromatic carbocycles. The van der Waals surface area contributed by atoms with Crippen LogP contribution in [0.2, 0.25) is 5.02 Å². The Balaban J connectivity index is 1.46. The Morgan fingerprint density at radius 3 is 2.53 bits per heavy atom. The molecule has 0 saturated carbocycles. The summed E-state index contributed by atoms with van der Waals surface area (Å²) < 4.78 is 44.1. The molecule has 4 rings (SSSR count). The first kappa shape index (κ1) is 25.3. The number of benzene rings is 3. The zero-order chi connectivity index (χ0) is 25.9. The van der Waals surface area contributed by atoms with Crippen molar-refractivity contribution in [1.29, 1.82) is 0 Å². The van der Waals surface area contributed by atoms with E-state index in [4.69, 9.17) is 25.8 Å². The molecular weight excluding hydrogens is 508 g/mol. The van der Waals surface area contributed by atoms with Crippen LogP contribution in [0.4, 0.5) is 11.4 Å². The number of hydrogen-bond donors (Lipinski definition) is 1. The van der Waals surface area contributed by atoms with E-state index in [2.05, 4.69) is 4.72 Å². The Bertz CT molecular complexity index is 1390. The predicted octanol–water partition coefficient (Wildman–Crippen LogP) is 3.80. The topological polar surface area (TPSA) is 111 Å². The molecular formula is C25H23ClN2O7S. The number of sulfonamides is 1. The Hall–Kier alpha value is -3.76. The minimum Gasteiger partial charge on any atom is -0.483 e. The number of methoxy groups -OCH3 is 1. The number of amides is 1. The van der Waals surface area contributed by atoms with E-state index >= 15 is 0 Å². The second-order valence-corrected chi connectivity index (χ2v) is 10.0. The highest BCUT2D eigenvalue weighted by atomic mass is 35.5. The van der Waals surface area contributed by atoms with Crippen LogP contribution in [0.1, 0.15) is 5.56 Å². The van der Waals surface area contributed by atoms with Crippen LogP contribution in [-0.4, -0.2) is 46.7 Å². The molecule has 1 aliphatic rings. The third-order valence-electron chi connectivity index (χ3n) is 5.44. The molecule has 11 heteroatoms. The zero-order valence-electron chi connectivity index (χ0n) is 19.4. The number of carbonyl (C=O) groups excluding carboxylic acids is 2. The fourth-order valence-electron chi connectivity index (χ4n) is 3.63. The van der Waals surface area contributed by atoms with Crippen LogP contribution in [0.25, 0.3) is 0 Å². The van der Waals surface area contributed by atoms with Gasteiger partial charge in [0.25, 0.3) is 15.9 Å². The summed E-state index contributed by atoms with van der Waals surface area (Å²) in [5.74, 6) is -0.269. The van der Waals surface area contributed by atoms with Crippen molar-refractivity contribution in [1.82, 2.24) is 0 Å². The maximum atomic E-state index is 13.0. The molecule has 9 nitrogen and oxygen atoms in total. The minimum absolute atomic E-state index is 0.0294. The van der Waals surface area contributed by atoms with Crippen LogP contribution in [0.3, 0.4) is 0 Å². The van der Waals surface area contributed by atoms with Gasteiger partial charge in [-0.25, -0.2) is 13.2 Å². The molecule has 0 radical (unpaired) electrons. The lowest BCUT2D eigenvalue weighted by Gasteiger charge is -2.33. The fourth-order valence-corrected chi connectivity index (χ4v) is 4.89. The van der Waals surface area contributed by atoms with Gasteiger partial charge in [0.05, 0.1) is 24.2 Å². The van der Waals surface area contributed by atoms with Crippen LogP contribution in [-0.2, 0) is 24.3 Å². The highest BCUT2D eigenvalue weighted by molar-refractivity contribution is 7.92. The molecule has 1 atom stereocenters. The lowest BCUT2D eigenvalue weighted by molar-refractivity contribution is -0.148. The molecule has 1 aliphatic heterocycles. The van der Waals surface area contributed by atoms with Gasteiger partial charge in [0, 0.05) is 10.7 Å². The molecule has 1 amide bonds. The molecule has 36 heavy (non-hydrogen) atoms. The number of ether oxygens (including phenoxy) is 3. The fraction of sp³-hybridized carbons (Fsp3) is 0.200. The van der Waals surface area contributed by atoms with Gasteiger partial charge < -0.3 is 19.1 Å². The smallest absolute Gasteiger partial charge is 0.348 e. The lowest BCUT2D eigenvalue weighted by Crippen LogP contribution is -2.48. The third kappa shape index (κ3) is 5.55. The summed E-state index contributed by atoms with van der Waals surface area (Å²) in [4.78, 5) is 26.5. The second kappa shape index (κ2) is 10.5. The van der Waals surface area contributed by atoms with Crippen LogP contribution >= 0.6 is 11.6 Å². The number of carbonyl (C=O) groups is 2. The van der Waals surface area contributed by atoms with Crippen molar-refractivity contribution in [2.75, 3.05) is 29.9 Å². The summed E-state index contributed by atoms with van der Waals surface area (Å²) in [7, 11) is -2.60. The van der Waals surface area contributed by atoms with Crippen molar-refractivity contribution in [3.05, 3.63) is 77.3 Å². The van der Waals surface area contributed by atoms with Gasteiger partial charge in [-0.2, -0.15) is 0 Å². The van der Waals surface area contributed by atoms with Gasteiger partial charge in [0.1, 0.15) is 11.5 Å². The number of nitrogens with one attached hydrogen (secondary N) is 1. The van der Waals surface area contributed by atoms with Crippen LogP contribution in [0, 0.1) is 6.92 Å². The first-order valence-electron chi connectivity index (χ1n) is 10.8. The molecule has 1 heterocycles. The van der Waals surface area contributed by atoms with Gasteiger partial charge >= 0.3 is 5.97 Å². The van der Waals surface area contributed by atoms with E-state index in [-0.39, 0.29) is 18.0 Å². The summed E-state index contributed by atoms with van der Waals surface area (Å²) in [6.45, 7) is 1.31. The number of hydrogen-bond acceptors (Lipinski definition) is 7. The molecule has 0 aromatic heterocycles. The Kier molecular flexibility index (Phi) is 7.37. The highest BCUT2D eigenvalue weighted by Crippen LogP contribution is 2.33. The van der Waals surface area contributed by atoms with Crippen LogP contribution in [0.15, 0.2) is 71.6 Å². The molecule has 3 aromatic rings. The van der Waals surface area contributed by atoms with E-state index in [1.165, 1.54) is 30.2 Å². The van der Waals surface area contributed by atoms with Crippen molar-refractivity contribution >= 4 is 44.9 Å². The predicted molar refractivity (Wildman–Crippen MR) is 134 cm³/mol. The average molecular weight is 531 g/mol. The lowest BCUT2D eigenvalue weighted by atomic mass is 10.2. The summed E-state index contributed by atoms with van der Waals surface area (Å²) >= 11 is 5.85. The number of halogens is 1. The zero-order valence-corrected chi connectivity index (χ0v) is 21.0. The maximum absolute atomic E-state index is 13.0. The van der Waals surface area contributed by atoms with E-state index in [0.29, 0.717) is 33.5 Å². The minimum atomic E-state index is -3.85. The molecule has 0 aliphatic carbocycles. The normalized spacial score (nSPS) is 14.9. The molecule has 0 saturated heterocycles. The molecule has 188 valence electrons. The molecule has 0 spiro atoms. The molecule has 1 unspecified atom stereocenters. The number of anilines is 2. The van der Waals surface area contributed by atoms with Gasteiger partial charge in [0.2, 0.25) is 6.10 Å². The molecule has 0 fully saturated rings. The van der Waals surface area contributed by atoms with E-state index in [0.717, 1.165) is 0 Å². The van der Waals surface area contributed by atoms with E-state index in [1.807, 2.05) is 0 Å². The van der Waals surface area contributed by atoms with Gasteiger partial charge in [-0.3, -0.25) is 9.52 Å². The maximum Gasteiger partial charge on any atom is 0.348 e. The number of fused-ring (bicyclic) bond motifs is 1. The summed E-state index contributed by atoms with van der Waals surface area (Å²) in [6, 6.07) is 17.5. The van der Waals surface area contributed by atoms with Crippen molar-refractivity contribution in [3.8, 4) is 11.5 Å². The van der Waals surface area contributed by atoms with E-state index in [1.54, 1.807) is 55.5 Å². The Labute approximate surface area is 213 Å². The van der Waals surface area contributed by atoms with E-state index in [9.17, 15) is 18.0 Å².